The Morgan fingerprint density at radius 1 is 1.43 bits per heavy atom. The van der Waals surface area contributed by atoms with Crippen LogP contribution in [0, 0.1) is 5.92 Å². The number of pyridine rings is 1. The summed E-state index contributed by atoms with van der Waals surface area (Å²) in [5.74, 6) is 0.587. The number of nitrogens with one attached hydrogen (secondary N) is 1. The van der Waals surface area contributed by atoms with E-state index in [0.717, 1.165) is 21.1 Å². The number of carbonyl (C=O) groups is 1. The van der Waals surface area contributed by atoms with Gasteiger partial charge in [-0.3, -0.25) is 4.79 Å². The van der Waals surface area contributed by atoms with Crippen LogP contribution in [-0.4, -0.2) is 41.5 Å². The zero-order valence-corrected chi connectivity index (χ0v) is 13.9. The molecule has 2 bridgehead atoms. The predicted molar refractivity (Wildman–Crippen MR) is 87.7 cm³/mol. The fraction of sp³-hybridized carbons (Fsp3) is 0.467. The molecule has 1 unspecified atom stereocenters. The Hall–Kier alpha value is -0.980. The molecule has 21 heavy (non-hydrogen) atoms. The highest BCUT2D eigenvalue weighted by molar-refractivity contribution is 9.10. The van der Waals surface area contributed by atoms with Crippen molar-refractivity contribution >= 4 is 43.3 Å². The number of piperidine rings is 3. The number of aromatic nitrogens is 1. The molecule has 6 heteroatoms. The van der Waals surface area contributed by atoms with E-state index in [1.807, 2.05) is 11.4 Å². The third-order valence-corrected chi connectivity index (χ3v) is 6.51. The van der Waals surface area contributed by atoms with Gasteiger partial charge in [-0.1, -0.05) is 0 Å². The Bertz CT molecular complexity index is 693. The summed E-state index contributed by atoms with van der Waals surface area (Å²) in [6, 6.07) is 2.16. The first-order valence-corrected chi connectivity index (χ1v) is 8.94. The standard InChI is InChI=1S/C15H16BrN3OS/c16-11-8-21-14-6-17-12(5-10(11)14)15(20)18-13-7-19-3-1-9(13)2-4-19/h5-6,8-9,13H,1-4,7H2,(H,18,20). The molecule has 5 heterocycles. The minimum Gasteiger partial charge on any atom is -0.346 e. The maximum absolute atomic E-state index is 12.5. The highest BCUT2D eigenvalue weighted by Crippen LogP contribution is 2.30. The average Bonchev–Trinajstić information content (AvgIpc) is 2.89. The van der Waals surface area contributed by atoms with Gasteiger partial charge in [-0.15, -0.1) is 11.3 Å². The summed E-state index contributed by atoms with van der Waals surface area (Å²) in [7, 11) is 0. The largest absolute Gasteiger partial charge is 0.346 e. The third kappa shape index (κ3) is 2.49. The fourth-order valence-electron chi connectivity index (χ4n) is 3.40. The summed E-state index contributed by atoms with van der Waals surface area (Å²) in [5.41, 5.74) is 0.512. The lowest BCUT2D eigenvalue weighted by Crippen LogP contribution is -2.57. The lowest BCUT2D eigenvalue weighted by Gasteiger charge is -2.44. The maximum Gasteiger partial charge on any atom is 0.270 e. The molecule has 1 atom stereocenters. The van der Waals surface area contributed by atoms with Gasteiger partial charge in [0.2, 0.25) is 0 Å². The van der Waals surface area contributed by atoms with Gasteiger partial charge in [-0.05, 0) is 53.8 Å². The molecule has 4 nitrogen and oxygen atoms in total. The monoisotopic (exact) mass is 365 g/mol. The molecule has 0 aromatic carbocycles. The maximum atomic E-state index is 12.5. The summed E-state index contributed by atoms with van der Waals surface area (Å²) in [4.78, 5) is 19.2. The molecule has 3 aliphatic rings. The molecule has 1 N–H and O–H groups in total. The van der Waals surface area contributed by atoms with Gasteiger partial charge in [0.15, 0.2) is 0 Å². The second-order valence-electron chi connectivity index (χ2n) is 5.87. The fourth-order valence-corrected chi connectivity index (χ4v) is 4.90. The molecule has 0 aliphatic carbocycles. The van der Waals surface area contributed by atoms with Crippen LogP contribution in [0.1, 0.15) is 23.3 Å². The first kappa shape index (κ1) is 13.7. The normalized spacial score (nSPS) is 28.0. The van der Waals surface area contributed by atoms with Crippen LogP contribution in [0.4, 0.5) is 0 Å². The lowest BCUT2D eigenvalue weighted by atomic mass is 9.84. The zero-order valence-electron chi connectivity index (χ0n) is 11.5. The van der Waals surface area contributed by atoms with Crippen molar-refractivity contribution in [1.29, 1.82) is 0 Å². The number of carbonyl (C=O) groups excluding carboxylic acids is 1. The van der Waals surface area contributed by atoms with E-state index in [2.05, 4.69) is 31.1 Å². The second kappa shape index (κ2) is 5.34. The first-order valence-electron chi connectivity index (χ1n) is 7.26. The van der Waals surface area contributed by atoms with Crippen molar-refractivity contribution in [3.05, 3.63) is 27.8 Å². The molecular formula is C15H16BrN3OS. The molecule has 0 saturated carbocycles. The number of halogens is 1. The molecule has 2 aromatic heterocycles. The van der Waals surface area contributed by atoms with Crippen molar-refractivity contribution in [3.63, 3.8) is 0 Å². The Balaban J connectivity index is 1.54. The summed E-state index contributed by atoms with van der Waals surface area (Å²) < 4.78 is 2.13. The van der Waals surface area contributed by atoms with E-state index in [1.54, 1.807) is 17.5 Å². The molecule has 3 saturated heterocycles. The van der Waals surface area contributed by atoms with Crippen LogP contribution in [0.3, 0.4) is 0 Å². The summed E-state index contributed by atoms with van der Waals surface area (Å²) in [5, 5.41) is 6.28. The number of thiophene rings is 1. The van der Waals surface area contributed by atoms with Crippen molar-refractivity contribution in [2.75, 3.05) is 19.6 Å². The topological polar surface area (TPSA) is 45.2 Å². The molecule has 2 aromatic rings. The van der Waals surface area contributed by atoms with Crippen molar-refractivity contribution in [3.8, 4) is 0 Å². The number of fused-ring (bicyclic) bond motifs is 4. The quantitative estimate of drug-likeness (QED) is 0.889. The Morgan fingerprint density at radius 2 is 2.24 bits per heavy atom. The molecule has 3 aliphatic heterocycles. The van der Waals surface area contributed by atoms with Crippen LogP contribution in [0.25, 0.3) is 10.1 Å². The van der Waals surface area contributed by atoms with Crippen LogP contribution in [0.15, 0.2) is 22.1 Å². The summed E-state index contributed by atoms with van der Waals surface area (Å²) >= 11 is 5.15. The van der Waals surface area contributed by atoms with Crippen LogP contribution in [-0.2, 0) is 0 Å². The summed E-state index contributed by atoms with van der Waals surface area (Å²) in [6.07, 6.45) is 4.19. The SMILES string of the molecule is O=C(NC1CN2CCC1CC2)c1cc2c(Br)csc2cn1. The van der Waals surface area contributed by atoms with E-state index >= 15 is 0 Å². The number of amides is 1. The van der Waals surface area contributed by atoms with Crippen molar-refractivity contribution in [2.24, 2.45) is 5.92 Å². The van der Waals surface area contributed by atoms with Crippen LogP contribution < -0.4 is 5.32 Å². The van der Waals surface area contributed by atoms with E-state index in [0.29, 0.717) is 11.6 Å². The van der Waals surface area contributed by atoms with E-state index in [1.165, 1.54) is 25.9 Å². The van der Waals surface area contributed by atoms with E-state index < -0.39 is 0 Å². The van der Waals surface area contributed by atoms with Crippen LogP contribution >= 0.6 is 27.3 Å². The Morgan fingerprint density at radius 3 is 2.95 bits per heavy atom. The average molecular weight is 366 g/mol. The van der Waals surface area contributed by atoms with E-state index in [9.17, 15) is 4.79 Å². The molecule has 0 spiro atoms. The van der Waals surface area contributed by atoms with Gasteiger partial charge in [0.05, 0.1) is 4.70 Å². The second-order valence-corrected chi connectivity index (χ2v) is 7.63. The van der Waals surface area contributed by atoms with Gasteiger partial charge < -0.3 is 10.2 Å². The van der Waals surface area contributed by atoms with Gasteiger partial charge in [0.25, 0.3) is 5.91 Å². The van der Waals surface area contributed by atoms with Gasteiger partial charge >= 0.3 is 0 Å². The number of rotatable bonds is 2. The first-order chi connectivity index (χ1) is 10.2. The van der Waals surface area contributed by atoms with E-state index in [4.69, 9.17) is 0 Å². The number of hydrogen-bond acceptors (Lipinski definition) is 4. The van der Waals surface area contributed by atoms with Crippen molar-refractivity contribution in [1.82, 2.24) is 15.2 Å². The number of hydrogen-bond donors (Lipinski definition) is 1. The molecule has 3 fully saturated rings. The third-order valence-electron chi connectivity index (χ3n) is 4.62. The zero-order chi connectivity index (χ0) is 14.4. The smallest absolute Gasteiger partial charge is 0.270 e. The van der Waals surface area contributed by atoms with E-state index in [-0.39, 0.29) is 11.9 Å². The van der Waals surface area contributed by atoms with Crippen LogP contribution in [0.2, 0.25) is 0 Å². The van der Waals surface area contributed by atoms with Gasteiger partial charge in [-0.25, -0.2) is 4.98 Å². The molecule has 0 radical (unpaired) electrons. The van der Waals surface area contributed by atoms with Crippen molar-refractivity contribution < 1.29 is 4.79 Å². The Kier molecular flexibility index (Phi) is 3.47. The molecule has 5 rings (SSSR count). The minimum absolute atomic E-state index is 0.0475. The van der Waals surface area contributed by atoms with Gasteiger partial charge in [-0.2, -0.15) is 0 Å². The van der Waals surface area contributed by atoms with Crippen LogP contribution in [0.5, 0.6) is 0 Å². The highest BCUT2D eigenvalue weighted by Gasteiger charge is 2.35. The molecule has 110 valence electrons. The molecule has 1 amide bonds. The predicted octanol–water partition coefficient (Wildman–Crippen LogP) is 2.88. The van der Waals surface area contributed by atoms with Gasteiger partial charge in [0, 0.05) is 34.0 Å². The minimum atomic E-state index is -0.0475. The lowest BCUT2D eigenvalue weighted by molar-refractivity contribution is 0.0618. The molecular weight excluding hydrogens is 350 g/mol. The highest BCUT2D eigenvalue weighted by atomic mass is 79.9. The van der Waals surface area contributed by atoms with Gasteiger partial charge in [0.1, 0.15) is 5.69 Å². The summed E-state index contributed by atoms with van der Waals surface area (Å²) in [6.45, 7) is 3.35. The Labute approximate surface area is 135 Å². The number of nitrogens with zero attached hydrogens (tertiary/aromatic N) is 2. The van der Waals surface area contributed by atoms with Crippen molar-refractivity contribution in [2.45, 2.75) is 18.9 Å².